The van der Waals surface area contributed by atoms with E-state index in [0.717, 1.165) is 17.1 Å². The summed E-state index contributed by atoms with van der Waals surface area (Å²) in [6.45, 7) is 0.505. The molecule has 3 aromatic rings. The van der Waals surface area contributed by atoms with Crippen molar-refractivity contribution in [2.45, 2.75) is 6.54 Å². The zero-order valence-corrected chi connectivity index (χ0v) is 13.1. The van der Waals surface area contributed by atoms with Crippen molar-refractivity contribution in [3.8, 4) is 11.5 Å². The molecule has 4 nitrogen and oxygen atoms in total. The van der Waals surface area contributed by atoms with Crippen LogP contribution in [0.5, 0.6) is 11.5 Å². The van der Waals surface area contributed by atoms with Gasteiger partial charge in [0.2, 0.25) is 0 Å². The molecule has 0 saturated heterocycles. The lowest BCUT2D eigenvalue weighted by molar-refractivity contribution is 0.0932. The van der Waals surface area contributed by atoms with Crippen LogP contribution in [0.15, 0.2) is 84.9 Å². The number of benzene rings is 3. The van der Waals surface area contributed by atoms with Gasteiger partial charge in [-0.15, -0.1) is 0 Å². The summed E-state index contributed by atoms with van der Waals surface area (Å²) >= 11 is 0. The summed E-state index contributed by atoms with van der Waals surface area (Å²) in [6.07, 6.45) is 0. The average Bonchev–Trinajstić information content (AvgIpc) is 2.63. The highest BCUT2D eigenvalue weighted by Gasteiger charge is 2.03. The summed E-state index contributed by atoms with van der Waals surface area (Å²) in [7, 11) is 0. The fourth-order valence-corrected chi connectivity index (χ4v) is 2.23. The Hall–Kier alpha value is -3.11. The number of carbonyl (C=O) groups excluding carboxylic acids is 1. The number of nitrogens with one attached hydrogen (secondary N) is 2. The molecule has 3 aromatic carbocycles. The Morgan fingerprint density at radius 3 is 2.21 bits per heavy atom. The van der Waals surface area contributed by atoms with Gasteiger partial charge in [-0.1, -0.05) is 48.5 Å². The van der Waals surface area contributed by atoms with E-state index in [1.807, 2.05) is 72.8 Å². The molecule has 0 aliphatic rings. The number of amides is 1. The molecule has 2 N–H and O–H groups in total. The van der Waals surface area contributed by atoms with Crippen LogP contribution >= 0.6 is 0 Å². The van der Waals surface area contributed by atoms with Crippen molar-refractivity contribution < 1.29 is 9.53 Å². The Bertz CT molecular complexity index is 789. The fourth-order valence-electron chi connectivity index (χ4n) is 2.23. The number of ether oxygens (including phenoxy) is 1. The van der Waals surface area contributed by atoms with Crippen LogP contribution < -0.4 is 15.6 Å². The van der Waals surface area contributed by atoms with Gasteiger partial charge in [0.25, 0.3) is 5.91 Å². The molecule has 0 aliphatic carbocycles. The van der Waals surface area contributed by atoms with Crippen molar-refractivity contribution in [2.24, 2.45) is 0 Å². The Balaban J connectivity index is 1.54. The van der Waals surface area contributed by atoms with E-state index in [2.05, 4.69) is 10.9 Å². The van der Waals surface area contributed by atoms with E-state index >= 15 is 0 Å². The van der Waals surface area contributed by atoms with Gasteiger partial charge in [-0.2, -0.15) is 0 Å². The van der Waals surface area contributed by atoms with Crippen LogP contribution in [0.25, 0.3) is 0 Å². The van der Waals surface area contributed by atoms with Gasteiger partial charge in [-0.3, -0.25) is 10.2 Å². The maximum absolute atomic E-state index is 11.9. The van der Waals surface area contributed by atoms with Crippen LogP contribution in [0.2, 0.25) is 0 Å². The van der Waals surface area contributed by atoms with Gasteiger partial charge in [0.1, 0.15) is 11.5 Å². The number of rotatable bonds is 6. The monoisotopic (exact) mass is 318 g/mol. The first-order chi connectivity index (χ1) is 11.8. The Morgan fingerprint density at radius 2 is 1.46 bits per heavy atom. The molecule has 0 bridgehead atoms. The number of hydrogen-bond donors (Lipinski definition) is 2. The molecule has 0 unspecified atom stereocenters. The summed E-state index contributed by atoms with van der Waals surface area (Å²) in [5.74, 6) is 1.39. The minimum atomic E-state index is -0.160. The zero-order valence-electron chi connectivity index (χ0n) is 13.1. The van der Waals surface area contributed by atoms with E-state index in [4.69, 9.17) is 4.74 Å². The zero-order chi connectivity index (χ0) is 16.6. The van der Waals surface area contributed by atoms with E-state index < -0.39 is 0 Å². The lowest BCUT2D eigenvalue weighted by atomic mass is 10.2. The number of para-hydroxylation sites is 1. The topological polar surface area (TPSA) is 50.4 Å². The molecule has 120 valence electrons. The first kappa shape index (κ1) is 15.8. The first-order valence-corrected chi connectivity index (χ1v) is 7.71. The molecule has 0 radical (unpaired) electrons. The Labute approximate surface area is 141 Å². The predicted octanol–water partition coefficient (Wildman–Crippen LogP) is 3.91. The summed E-state index contributed by atoms with van der Waals surface area (Å²) in [6, 6.07) is 26.4. The summed E-state index contributed by atoms with van der Waals surface area (Å²) in [5, 5.41) is 0. The maximum atomic E-state index is 11.9. The van der Waals surface area contributed by atoms with Crippen LogP contribution in [0, 0.1) is 0 Å². The second-order valence-corrected chi connectivity index (χ2v) is 5.24. The molecule has 24 heavy (non-hydrogen) atoms. The molecule has 0 heterocycles. The van der Waals surface area contributed by atoms with Gasteiger partial charge in [0, 0.05) is 12.1 Å². The van der Waals surface area contributed by atoms with E-state index in [1.54, 1.807) is 12.1 Å². The quantitative estimate of drug-likeness (QED) is 0.677. The normalized spacial score (nSPS) is 10.2. The van der Waals surface area contributed by atoms with Gasteiger partial charge >= 0.3 is 0 Å². The largest absolute Gasteiger partial charge is 0.457 e. The van der Waals surface area contributed by atoms with Gasteiger partial charge in [0.15, 0.2) is 0 Å². The van der Waals surface area contributed by atoms with Gasteiger partial charge in [-0.25, -0.2) is 5.43 Å². The lowest BCUT2D eigenvalue weighted by Crippen LogP contribution is -2.36. The first-order valence-electron chi connectivity index (χ1n) is 7.71. The van der Waals surface area contributed by atoms with Crippen LogP contribution in [0.4, 0.5) is 0 Å². The van der Waals surface area contributed by atoms with E-state index in [9.17, 15) is 4.79 Å². The van der Waals surface area contributed by atoms with Crippen molar-refractivity contribution in [2.75, 3.05) is 0 Å². The van der Waals surface area contributed by atoms with E-state index in [-0.39, 0.29) is 5.91 Å². The third-order valence-electron chi connectivity index (χ3n) is 3.41. The van der Waals surface area contributed by atoms with Gasteiger partial charge in [0.05, 0.1) is 0 Å². The summed E-state index contributed by atoms with van der Waals surface area (Å²) in [4.78, 5) is 11.9. The van der Waals surface area contributed by atoms with Gasteiger partial charge in [-0.05, 0) is 42.0 Å². The molecular formula is C20H18N2O2. The van der Waals surface area contributed by atoms with Crippen molar-refractivity contribution in [1.29, 1.82) is 0 Å². The lowest BCUT2D eigenvalue weighted by Gasteiger charge is -2.09. The molecule has 0 fully saturated rings. The molecule has 4 heteroatoms. The third-order valence-corrected chi connectivity index (χ3v) is 3.41. The second-order valence-electron chi connectivity index (χ2n) is 5.24. The van der Waals surface area contributed by atoms with Crippen LogP contribution in [-0.4, -0.2) is 5.91 Å². The summed E-state index contributed by atoms with van der Waals surface area (Å²) < 4.78 is 5.80. The van der Waals surface area contributed by atoms with E-state index in [0.29, 0.717) is 12.1 Å². The second kappa shape index (κ2) is 7.94. The van der Waals surface area contributed by atoms with Crippen LogP contribution in [0.3, 0.4) is 0 Å². The molecule has 0 aliphatic heterocycles. The molecule has 1 amide bonds. The molecule has 0 spiro atoms. The molecule has 3 rings (SSSR count). The summed E-state index contributed by atoms with van der Waals surface area (Å²) in [5.41, 5.74) is 7.25. The van der Waals surface area contributed by atoms with Crippen molar-refractivity contribution >= 4 is 5.91 Å². The van der Waals surface area contributed by atoms with Crippen molar-refractivity contribution in [3.05, 3.63) is 96.1 Å². The molecular weight excluding hydrogens is 300 g/mol. The number of hydrazine groups is 1. The standard InChI is InChI=1S/C20H18N2O2/c23-20(17-9-3-1-4-10-17)22-21-15-16-8-7-13-19(14-16)24-18-11-5-2-6-12-18/h1-14,21H,15H2,(H,22,23). The van der Waals surface area contributed by atoms with Crippen molar-refractivity contribution in [3.63, 3.8) is 0 Å². The van der Waals surface area contributed by atoms with E-state index in [1.165, 1.54) is 0 Å². The maximum Gasteiger partial charge on any atom is 0.265 e. The highest BCUT2D eigenvalue weighted by Crippen LogP contribution is 2.21. The minimum absolute atomic E-state index is 0.160. The van der Waals surface area contributed by atoms with Crippen LogP contribution in [0.1, 0.15) is 15.9 Å². The highest BCUT2D eigenvalue weighted by atomic mass is 16.5. The van der Waals surface area contributed by atoms with Crippen molar-refractivity contribution in [1.82, 2.24) is 10.9 Å². The van der Waals surface area contributed by atoms with Gasteiger partial charge < -0.3 is 4.74 Å². The average molecular weight is 318 g/mol. The smallest absolute Gasteiger partial charge is 0.265 e. The molecule has 0 aromatic heterocycles. The highest BCUT2D eigenvalue weighted by molar-refractivity contribution is 5.93. The fraction of sp³-hybridized carbons (Fsp3) is 0.0500. The third kappa shape index (κ3) is 4.44. The predicted molar refractivity (Wildman–Crippen MR) is 93.7 cm³/mol. The van der Waals surface area contributed by atoms with Crippen LogP contribution in [-0.2, 0) is 6.54 Å². The Kier molecular flexibility index (Phi) is 5.22. The Morgan fingerprint density at radius 1 is 0.792 bits per heavy atom. The SMILES string of the molecule is O=C(NNCc1cccc(Oc2ccccc2)c1)c1ccccc1. The molecule has 0 saturated carbocycles. The number of carbonyl (C=O) groups is 1. The molecule has 0 atom stereocenters. The minimum Gasteiger partial charge on any atom is -0.457 e. The number of hydrogen-bond acceptors (Lipinski definition) is 3.